The molecule has 0 aliphatic heterocycles. The number of aromatic nitrogens is 2. The Hall–Kier alpha value is -2.29. The molecule has 20 heavy (non-hydrogen) atoms. The minimum atomic E-state index is 0.314. The van der Waals surface area contributed by atoms with Crippen molar-refractivity contribution >= 4 is 5.65 Å². The molecule has 0 radical (unpaired) electrons. The van der Waals surface area contributed by atoms with Crippen molar-refractivity contribution in [1.82, 2.24) is 9.38 Å². The predicted molar refractivity (Wildman–Crippen MR) is 78.1 cm³/mol. The van der Waals surface area contributed by atoms with Crippen LogP contribution >= 0.6 is 0 Å². The SMILES string of the molecule is Oc1ccc(Cc2c(C3CC3)nc3ccccn23)cc1. The van der Waals surface area contributed by atoms with Gasteiger partial charge >= 0.3 is 0 Å². The largest absolute Gasteiger partial charge is 0.508 e. The third kappa shape index (κ3) is 1.95. The summed E-state index contributed by atoms with van der Waals surface area (Å²) in [4.78, 5) is 4.80. The fourth-order valence-electron chi connectivity index (χ4n) is 2.73. The lowest BCUT2D eigenvalue weighted by Gasteiger charge is -2.05. The predicted octanol–water partition coefficient (Wildman–Crippen LogP) is 3.51. The third-order valence-electron chi connectivity index (χ3n) is 3.93. The number of phenols is 1. The van der Waals surface area contributed by atoms with Crippen LogP contribution in [0.1, 0.15) is 35.7 Å². The zero-order valence-electron chi connectivity index (χ0n) is 11.2. The summed E-state index contributed by atoms with van der Waals surface area (Å²) in [5.74, 6) is 0.955. The average Bonchev–Trinajstić information content (AvgIpc) is 3.25. The first-order valence-electron chi connectivity index (χ1n) is 7.05. The average molecular weight is 264 g/mol. The van der Waals surface area contributed by atoms with Gasteiger partial charge in [0.25, 0.3) is 0 Å². The van der Waals surface area contributed by atoms with Crippen LogP contribution in [-0.2, 0) is 6.42 Å². The Balaban J connectivity index is 1.80. The summed E-state index contributed by atoms with van der Waals surface area (Å²) in [5.41, 5.74) is 4.77. The molecule has 100 valence electrons. The highest BCUT2D eigenvalue weighted by Gasteiger charge is 2.29. The first kappa shape index (κ1) is 11.5. The zero-order chi connectivity index (χ0) is 13.5. The van der Waals surface area contributed by atoms with Crippen LogP contribution in [0.2, 0.25) is 0 Å². The van der Waals surface area contributed by atoms with Crippen molar-refractivity contribution < 1.29 is 5.11 Å². The molecule has 1 aromatic carbocycles. The maximum Gasteiger partial charge on any atom is 0.137 e. The lowest BCUT2D eigenvalue weighted by atomic mass is 10.1. The van der Waals surface area contributed by atoms with E-state index in [2.05, 4.69) is 16.7 Å². The molecule has 0 unspecified atom stereocenters. The fraction of sp³-hybridized carbons (Fsp3) is 0.235. The Labute approximate surface area is 117 Å². The van der Waals surface area contributed by atoms with Crippen LogP contribution in [0.25, 0.3) is 5.65 Å². The van der Waals surface area contributed by atoms with Crippen molar-refractivity contribution in [3.63, 3.8) is 0 Å². The van der Waals surface area contributed by atoms with E-state index in [0.29, 0.717) is 11.7 Å². The number of hydrogen-bond donors (Lipinski definition) is 1. The maximum atomic E-state index is 9.39. The zero-order valence-corrected chi connectivity index (χ0v) is 11.2. The van der Waals surface area contributed by atoms with Crippen LogP contribution in [-0.4, -0.2) is 14.5 Å². The number of rotatable bonds is 3. The lowest BCUT2D eigenvalue weighted by molar-refractivity contribution is 0.475. The van der Waals surface area contributed by atoms with Crippen molar-refractivity contribution in [2.45, 2.75) is 25.2 Å². The number of nitrogens with zero attached hydrogens (tertiary/aromatic N) is 2. The number of benzene rings is 1. The van der Waals surface area contributed by atoms with Gasteiger partial charge < -0.3 is 9.51 Å². The molecule has 3 aromatic rings. The van der Waals surface area contributed by atoms with Crippen LogP contribution in [0.3, 0.4) is 0 Å². The van der Waals surface area contributed by atoms with Gasteiger partial charge in [-0.05, 0) is 42.7 Å². The Bertz CT molecular complexity index is 754. The molecule has 1 aliphatic carbocycles. The lowest BCUT2D eigenvalue weighted by Crippen LogP contribution is -1.97. The van der Waals surface area contributed by atoms with E-state index >= 15 is 0 Å². The Morgan fingerprint density at radius 3 is 2.65 bits per heavy atom. The van der Waals surface area contributed by atoms with Crippen LogP contribution in [0.4, 0.5) is 0 Å². The van der Waals surface area contributed by atoms with Crippen molar-refractivity contribution in [2.24, 2.45) is 0 Å². The van der Waals surface area contributed by atoms with Gasteiger partial charge in [-0.1, -0.05) is 18.2 Å². The van der Waals surface area contributed by atoms with Gasteiger partial charge in [-0.2, -0.15) is 0 Å². The molecule has 1 aliphatic rings. The number of fused-ring (bicyclic) bond motifs is 1. The Morgan fingerprint density at radius 2 is 1.90 bits per heavy atom. The number of phenolic OH excluding ortho intramolecular Hbond substituents is 1. The van der Waals surface area contributed by atoms with E-state index in [1.807, 2.05) is 24.3 Å². The molecular formula is C17H16N2O. The second-order valence-electron chi connectivity index (χ2n) is 5.49. The summed E-state index contributed by atoms with van der Waals surface area (Å²) in [7, 11) is 0. The molecule has 2 aromatic heterocycles. The monoisotopic (exact) mass is 264 g/mol. The summed E-state index contributed by atoms with van der Waals surface area (Å²) >= 11 is 0. The summed E-state index contributed by atoms with van der Waals surface area (Å²) < 4.78 is 2.19. The van der Waals surface area contributed by atoms with Gasteiger partial charge in [-0.25, -0.2) is 4.98 Å². The van der Waals surface area contributed by atoms with Gasteiger partial charge in [-0.15, -0.1) is 0 Å². The van der Waals surface area contributed by atoms with Crippen LogP contribution in [0.5, 0.6) is 5.75 Å². The van der Waals surface area contributed by atoms with Gasteiger partial charge in [0, 0.05) is 18.5 Å². The first-order chi connectivity index (χ1) is 9.81. The maximum absolute atomic E-state index is 9.39. The summed E-state index contributed by atoms with van der Waals surface area (Å²) in [6.07, 6.45) is 5.46. The van der Waals surface area contributed by atoms with E-state index < -0.39 is 0 Å². The van der Waals surface area contributed by atoms with E-state index in [-0.39, 0.29) is 0 Å². The van der Waals surface area contributed by atoms with Gasteiger partial charge in [0.1, 0.15) is 11.4 Å². The minimum Gasteiger partial charge on any atom is -0.508 e. The standard InChI is InChI=1S/C17H16N2O/c20-14-8-4-12(5-9-14)11-15-17(13-6-7-13)18-16-3-1-2-10-19(15)16/h1-5,8-10,13,20H,6-7,11H2. The Morgan fingerprint density at radius 1 is 1.10 bits per heavy atom. The highest BCUT2D eigenvalue weighted by atomic mass is 16.3. The highest BCUT2D eigenvalue weighted by Crippen LogP contribution is 2.41. The minimum absolute atomic E-state index is 0.314. The van der Waals surface area contributed by atoms with E-state index in [1.165, 1.54) is 29.8 Å². The summed E-state index contributed by atoms with van der Waals surface area (Å²) in [6.45, 7) is 0. The van der Waals surface area contributed by atoms with Crippen molar-refractivity contribution in [2.75, 3.05) is 0 Å². The molecule has 0 bridgehead atoms. The molecule has 1 fully saturated rings. The molecule has 0 spiro atoms. The number of imidazole rings is 1. The van der Waals surface area contributed by atoms with E-state index in [0.717, 1.165) is 12.1 Å². The summed E-state index contributed by atoms with van der Waals surface area (Å²) in [5, 5.41) is 9.39. The number of hydrogen-bond acceptors (Lipinski definition) is 2. The van der Waals surface area contributed by atoms with Gasteiger partial charge in [0.05, 0.1) is 11.4 Å². The molecule has 3 nitrogen and oxygen atoms in total. The number of aromatic hydroxyl groups is 1. The van der Waals surface area contributed by atoms with Crippen molar-refractivity contribution in [3.8, 4) is 5.75 Å². The Kier molecular flexibility index (Phi) is 2.52. The number of pyridine rings is 1. The van der Waals surface area contributed by atoms with Gasteiger partial charge in [0.15, 0.2) is 0 Å². The summed E-state index contributed by atoms with van der Waals surface area (Å²) in [6, 6.07) is 13.6. The smallest absolute Gasteiger partial charge is 0.137 e. The molecule has 2 heterocycles. The highest BCUT2D eigenvalue weighted by molar-refractivity contribution is 5.46. The van der Waals surface area contributed by atoms with E-state index in [9.17, 15) is 5.11 Å². The molecule has 1 saturated carbocycles. The van der Waals surface area contributed by atoms with Crippen molar-refractivity contribution in [3.05, 3.63) is 65.6 Å². The van der Waals surface area contributed by atoms with Crippen molar-refractivity contribution in [1.29, 1.82) is 0 Å². The van der Waals surface area contributed by atoms with E-state index in [1.54, 1.807) is 12.1 Å². The molecule has 4 rings (SSSR count). The molecule has 3 heteroatoms. The van der Waals surface area contributed by atoms with Crippen LogP contribution < -0.4 is 0 Å². The molecular weight excluding hydrogens is 248 g/mol. The second kappa shape index (κ2) is 4.37. The molecule has 0 saturated heterocycles. The molecule has 0 atom stereocenters. The fourth-order valence-corrected chi connectivity index (χ4v) is 2.73. The van der Waals surface area contributed by atoms with E-state index in [4.69, 9.17) is 4.98 Å². The quantitative estimate of drug-likeness (QED) is 0.786. The van der Waals surface area contributed by atoms with Gasteiger partial charge in [0.2, 0.25) is 0 Å². The molecule has 1 N–H and O–H groups in total. The molecule has 0 amide bonds. The van der Waals surface area contributed by atoms with Crippen LogP contribution in [0.15, 0.2) is 48.7 Å². The first-order valence-corrected chi connectivity index (χ1v) is 7.05. The van der Waals surface area contributed by atoms with Crippen LogP contribution in [0, 0.1) is 0 Å². The van der Waals surface area contributed by atoms with Gasteiger partial charge in [-0.3, -0.25) is 0 Å². The third-order valence-corrected chi connectivity index (χ3v) is 3.93. The normalized spacial score (nSPS) is 14.8. The topological polar surface area (TPSA) is 37.5 Å². The second-order valence-corrected chi connectivity index (χ2v) is 5.49.